The SMILES string of the molecule is O=C(Nc1c(-c2ccc3nncn3c2)ccc2c1CCC2)NS(=O)(=O)c1cc2n(n1)CCO[C@@H]2C1CC1. The zero-order valence-electron chi connectivity index (χ0n) is 19.9. The molecule has 1 saturated carbocycles. The molecule has 0 saturated heterocycles. The second-order valence-corrected chi connectivity index (χ2v) is 11.4. The van der Waals surface area contributed by atoms with Crippen molar-refractivity contribution in [1.82, 2.24) is 29.1 Å². The number of carbonyl (C=O) groups is 1. The lowest BCUT2D eigenvalue weighted by molar-refractivity contribution is 0.00273. The first-order chi connectivity index (χ1) is 18.0. The predicted molar refractivity (Wildman–Crippen MR) is 133 cm³/mol. The Balaban J connectivity index is 1.18. The number of rotatable bonds is 5. The number of ether oxygens (including phenoxy) is 1. The van der Waals surface area contributed by atoms with Gasteiger partial charge >= 0.3 is 6.03 Å². The second kappa shape index (κ2) is 8.38. The van der Waals surface area contributed by atoms with E-state index in [1.165, 1.54) is 6.07 Å². The summed E-state index contributed by atoms with van der Waals surface area (Å²) in [6.07, 6.45) is 8.18. The van der Waals surface area contributed by atoms with Gasteiger partial charge in [-0.1, -0.05) is 12.1 Å². The van der Waals surface area contributed by atoms with Gasteiger partial charge in [0, 0.05) is 23.4 Å². The summed E-state index contributed by atoms with van der Waals surface area (Å²) in [5.74, 6) is 0.401. The molecule has 1 aromatic carbocycles. The number of aryl methyl sites for hydroxylation is 1. The van der Waals surface area contributed by atoms with Crippen molar-refractivity contribution >= 4 is 27.4 Å². The molecule has 4 heterocycles. The highest BCUT2D eigenvalue weighted by Gasteiger charge is 2.38. The van der Waals surface area contributed by atoms with Crippen LogP contribution < -0.4 is 10.0 Å². The lowest BCUT2D eigenvalue weighted by atomic mass is 9.98. The number of urea groups is 1. The Bertz CT molecular complexity index is 1650. The van der Waals surface area contributed by atoms with Crippen molar-refractivity contribution in [2.24, 2.45) is 5.92 Å². The van der Waals surface area contributed by atoms with E-state index < -0.39 is 16.1 Å². The molecule has 1 fully saturated rings. The zero-order chi connectivity index (χ0) is 25.1. The van der Waals surface area contributed by atoms with E-state index in [0.717, 1.165) is 60.1 Å². The summed E-state index contributed by atoms with van der Waals surface area (Å²) >= 11 is 0. The molecule has 0 unspecified atom stereocenters. The van der Waals surface area contributed by atoms with Gasteiger partial charge in [0.15, 0.2) is 10.7 Å². The van der Waals surface area contributed by atoms with Gasteiger partial charge in [0.1, 0.15) is 12.4 Å². The summed E-state index contributed by atoms with van der Waals surface area (Å²) < 4.78 is 37.8. The van der Waals surface area contributed by atoms with Crippen LogP contribution in [0, 0.1) is 5.92 Å². The van der Waals surface area contributed by atoms with E-state index in [1.54, 1.807) is 15.4 Å². The van der Waals surface area contributed by atoms with E-state index in [9.17, 15) is 13.2 Å². The number of nitrogens with zero attached hydrogens (tertiary/aromatic N) is 5. The van der Waals surface area contributed by atoms with Crippen LogP contribution in [0.5, 0.6) is 0 Å². The highest BCUT2D eigenvalue weighted by Crippen LogP contribution is 2.45. The van der Waals surface area contributed by atoms with Crippen LogP contribution in [0.4, 0.5) is 10.5 Å². The topological polar surface area (TPSA) is 133 Å². The van der Waals surface area contributed by atoms with Gasteiger partial charge in [-0.15, -0.1) is 10.2 Å². The average molecular weight is 520 g/mol. The van der Waals surface area contributed by atoms with Crippen molar-refractivity contribution in [2.45, 2.75) is 49.8 Å². The molecule has 1 atom stereocenters. The third-order valence-electron chi connectivity index (χ3n) is 7.36. The van der Waals surface area contributed by atoms with Gasteiger partial charge in [-0.3, -0.25) is 9.08 Å². The Morgan fingerprint density at radius 2 is 2.03 bits per heavy atom. The van der Waals surface area contributed by atoms with Crippen LogP contribution in [0.25, 0.3) is 16.8 Å². The summed E-state index contributed by atoms with van der Waals surface area (Å²) in [7, 11) is -4.19. The highest BCUT2D eigenvalue weighted by atomic mass is 32.2. The van der Waals surface area contributed by atoms with Gasteiger partial charge in [0.05, 0.1) is 24.5 Å². The minimum absolute atomic E-state index is 0.142. The number of benzene rings is 1. The van der Waals surface area contributed by atoms with Gasteiger partial charge in [-0.2, -0.15) is 13.5 Å². The molecule has 3 aliphatic rings. The predicted octanol–water partition coefficient (Wildman–Crippen LogP) is 3.07. The molecule has 0 spiro atoms. The van der Waals surface area contributed by atoms with Crippen molar-refractivity contribution in [2.75, 3.05) is 11.9 Å². The Kier molecular flexibility index (Phi) is 5.08. The molecule has 1 aliphatic heterocycles. The first kappa shape index (κ1) is 22.4. The molecule has 11 nitrogen and oxygen atoms in total. The molecule has 7 rings (SSSR count). The number of hydrogen-bond donors (Lipinski definition) is 2. The fourth-order valence-corrected chi connectivity index (χ4v) is 6.31. The molecular weight excluding hydrogens is 494 g/mol. The van der Waals surface area contributed by atoms with Crippen molar-refractivity contribution in [3.8, 4) is 11.1 Å². The van der Waals surface area contributed by atoms with Crippen LogP contribution in [-0.4, -0.2) is 45.4 Å². The molecule has 0 bridgehead atoms. The monoisotopic (exact) mass is 519 g/mol. The minimum atomic E-state index is -4.19. The standard InChI is InChI=1S/C25H25N7O4S/c33-25(30-37(34,35)22-12-20-24(16-4-5-16)36-11-10-32(20)29-22)27-23-18-3-1-2-15(18)6-8-19(23)17-7-9-21-28-26-14-31(21)13-17/h6-9,12-14,16,24H,1-5,10-11H2,(H2,27,30,33)/t24-/m1/s1. The number of fused-ring (bicyclic) bond motifs is 3. The lowest BCUT2D eigenvalue weighted by Crippen LogP contribution is -2.35. The largest absolute Gasteiger partial charge is 0.370 e. The first-order valence-corrected chi connectivity index (χ1v) is 13.9. The molecule has 4 aromatic rings. The molecule has 2 aliphatic carbocycles. The Morgan fingerprint density at radius 3 is 2.89 bits per heavy atom. The zero-order valence-corrected chi connectivity index (χ0v) is 20.7. The van der Waals surface area contributed by atoms with Gasteiger partial charge in [0.25, 0.3) is 10.0 Å². The molecule has 2 amide bonds. The number of pyridine rings is 1. The smallest absolute Gasteiger partial charge is 0.333 e. The number of nitrogens with one attached hydrogen (secondary N) is 2. The van der Waals surface area contributed by atoms with Crippen molar-refractivity contribution in [1.29, 1.82) is 0 Å². The number of anilines is 1. The minimum Gasteiger partial charge on any atom is -0.370 e. The van der Waals surface area contributed by atoms with E-state index in [2.05, 4.69) is 31.4 Å². The van der Waals surface area contributed by atoms with E-state index in [0.29, 0.717) is 30.4 Å². The van der Waals surface area contributed by atoms with E-state index >= 15 is 0 Å². The van der Waals surface area contributed by atoms with Gasteiger partial charge in [-0.05, 0) is 61.3 Å². The Labute approximate surface area is 212 Å². The van der Waals surface area contributed by atoms with Gasteiger partial charge in [-0.25, -0.2) is 9.52 Å². The molecule has 190 valence electrons. The molecular formula is C25H25N7O4S. The van der Waals surface area contributed by atoms with E-state index in [4.69, 9.17) is 4.74 Å². The summed E-state index contributed by atoms with van der Waals surface area (Å²) in [6, 6.07) is 8.49. The number of aromatic nitrogens is 5. The Hall–Kier alpha value is -3.77. The van der Waals surface area contributed by atoms with Gasteiger partial charge in [0.2, 0.25) is 0 Å². The second-order valence-electron chi connectivity index (χ2n) is 9.81. The number of amides is 2. The number of sulfonamides is 1. The van der Waals surface area contributed by atoms with Crippen LogP contribution >= 0.6 is 0 Å². The van der Waals surface area contributed by atoms with Gasteiger partial charge < -0.3 is 10.1 Å². The fraction of sp³-hybridized carbons (Fsp3) is 0.360. The van der Waals surface area contributed by atoms with Crippen LogP contribution in [0.3, 0.4) is 0 Å². The third-order valence-corrected chi connectivity index (χ3v) is 8.56. The van der Waals surface area contributed by atoms with E-state index in [1.807, 2.05) is 24.4 Å². The molecule has 2 N–H and O–H groups in total. The quantitative estimate of drug-likeness (QED) is 0.414. The van der Waals surface area contributed by atoms with Crippen LogP contribution in [0.1, 0.15) is 42.2 Å². The summed E-state index contributed by atoms with van der Waals surface area (Å²) in [5, 5.41) is 14.9. The molecule has 3 aromatic heterocycles. The number of carbonyl (C=O) groups excluding carboxylic acids is 1. The van der Waals surface area contributed by atoms with Crippen molar-refractivity contribution < 1.29 is 17.9 Å². The fourth-order valence-electron chi connectivity index (χ4n) is 5.42. The summed E-state index contributed by atoms with van der Waals surface area (Å²) in [6.45, 7) is 0.975. The molecule has 37 heavy (non-hydrogen) atoms. The maximum absolute atomic E-state index is 13.1. The number of hydrogen-bond acceptors (Lipinski definition) is 7. The van der Waals surface area contributed by atoms with Crippen LogP contribution in [-0.2, 0) is 34.1 Å². The molecule has 12 heteroatoms. The summed E-state index contributed by atoms with van der Waals surface area (Å²) in [5.41, 5.74) is 5.90. The summed E-state index contributed by atoms with van der Waals surface area (Å²) in [4.78, 5) is 13.1. The van der Waals surface area contributed by atoms with E-state index in [-0.39, 0.29) is 11.1 Å². The third kappa shape index (κ3) is 3.96. The lowest BCUT2D eigenvalue weighted by Gasteiger charge is -2.23. The first-order valence-electron chi connectivity index (χ1n) is 12.4. The molecule has 0 radical (unpaired) electrons. The highest BCUT2D eigenvalue weighted by molar-refractivity contribution is 7.90. The maximum atomic E-state index is 13.1. The van der Waals surface area contributed by atoms with Crippen molar-refractivity contribution in [3.63, 3.8) is 0 Å². The normalized spacial score (nSPS) is 19.0. The van der Waals surface area contributed by atoms with Crippen LogP contribution in [0.2, 0.25) is 0 Å². The average Bonchev–Trinajstić information content (AvgIpc) is 3.26. The Morgan fingerprint density at radius 1 is 1.14 bits per heavy atom. The maximum Gasteiger partial charge on any atom is 0.333 e. The van der Waals surface area contributed by atoms with Crippen LogP contribution in [0.15, 0.2) is 47.9 Å². The van der Waals surface area contributed by atoms with Crippen molar-refractivity contribution in [3.05, 3.63) is 59.7 Å².